The molecule has 1 rings (SSSR count). The molecule has 0 aromatic heterocycles. The van der Waals surface area contributed by atoms with E-state index in [1.165, 1.54) is 22.6 Å². The lowest BCUT2D eigenvalue weighted by Crippen LogP contribution is -1.90. The second-order valence-corrected chi connectivity index (χ2v) is 3.96. The van der Waals surface area contributed by atoms with Crippen LogP contribution < -0.4 is 5.73 Å². The van der Waals surface area contributed by atoms with E-state index in [0.29, 0.717) is 0 Å². The van der Waals surface area contributed by atoms with Gasteiger partial charge in [0.25, 0.3) is 0 Å². The van der Waals surface area contributed by atoms with Crippen molar-refractivity contribution in [1.82, 2.24) is 0 Å². The zero-order valence-corrected chi connectivity index (χ0v) is 8.45. The molecule has 0 saturated carbocycles. The van der Waals surface area contributed by atoms with Gasteiger partial charge in [0.2, 0.25) is 0 Å². The lowest BCUT2D eigenvalue weighted by Gasteiger charge is -2.06. The molecule has 0 aliphatic carbocycles. The Morgan fingerprint density at radius 1 is 1.42 bits per heavy atom. The van der Waals surface area contributed by atoms with E-state index in [2.05, 4.69) is 19.9 Å². The molecule has 66 valence electrons. The molecule has 1 nitrogen and oxygen atoms in total. The van der Waals surface area contributed by atoms with Crippen molar-refractivity contribution in [3.8, 4) is 0 Å². The van der Waals surface area contributed by atoms with Crippen LogP contribution in [-0.2, 0) is 0 Å². The summed E-state index contributed by atoms with van der Waals surface area (Å²) in [7, 11) is 0. The molecule has 0 unspecified atom stereocenters. The van der Waals surface area contributed by atoms with Crippen molar-refractivity contribution >= 4 is 17.4 Å². The van der Waals surface area contributed by atoms with Crippen LogP contribution in [0.2, 0.25) is 0 Å². The van der Waals surface area contributed by atoms with Crippen molar-refractivity contribution < 1.29 is 0 Å². The van der Waals surface area contributed by atoms with Crippen LogP contribution in [0.25, 0.3) is 0 Å². The van der Waals surface area contributed by atoms with E-state index in [1.807, 2.05) is 23.9 Å². The molecule has 0 spiro atoms. The lowest BCUT2D eigenvalue weighted by atomic mass is 10.2. The maximum absolute atomic E-state index is 5.78. The molecule has 0 fully saturated rings. The SMILES string of the molecule is CCCSc1cccc(N)c1C. The minimum absolute atomic E-state index is 0.899. The summed E-state index contributed by atoms with van der Waals surface area (Å²) < 4.78 is 0. The van der Waals surface area contributed by atoms with Crippen LogP contribution in [0.4, 0.5) is 5.69 Å². The Labute approximate surface area is 78.4 Å². The zero-order valence-electron chi connectivity index (χ0n) is 7.63. The van der Waals surface area contributed by atoms with Gasteiger partial charge in [0, 0.05) is 10.6 Å². The van der Waals surface area contributed by atoms with Gasteiger partial charge in [-0.2, -0.15) is 0 Å². The second kappa shape index (κ2) is 4.41. The van der Waals surface area contributed by atoms with Crippen molar-refractivity contribution in [2.45, 2.75) is 25.2 Å². The average molecular weight is 181 g/mol. The van der Waals surface area contributed by atoms with E-state index in [9.17, 15) is 0 Å². The number of rotatable bonds is 3. The summed E-state index contributed by atoms with van der Waals surface area (Å²) in [4.78, 5) is 1.32. The first-order chi connectivity index (χ1) is 5.75. The molecule has 0 saturated heterocycles. The molecule has 2 heteroatoms. The van der Waals surface area contributed by atoms with Crippen LogP contribution in [0, 0.1) is 6.92 Å². The molecule has 0 aliphatic rings. The monoisotopic (exact) mass is 181 g/mol. The van der Waals surface area contributed by atoms with E-state index < -0.39 is 0 Å². The van der Waals surface area contributed by atoms with Gasteiger partial charge >= 0.3 is 0 Å². The molecule has 1 aromatic rings. The van der Waals surface area contributed by atoms with Gasteiger partial charge in [-0.1, -0.05) is 13.0 Å². The first-order valence-electron chi connectivity index (χ1n) is 4.23. The largest absolute Gasteiger partial charge is 0.398 e. The molecular weight excluding hydrogens is 166 g/mol. The van der Waals surface area contributed by atoms with Crippen molar-refractivity contribution in [2.24, 2.45) is 0 Å². The Morgan fingerprint density at radius 3 is 2.83 bits per heavy atom. The fourth-order valence-electron chi connectivity index (χ4n) is 1.000. The number of thioether (sulfide) groups is 1. The van der Waals surface area contributed by atoms with Crippen LogP contribution in [0.1, 0.15) is 18.9 Å². The van der Waals surface area contributed by atoms with Crippen LogP contribution >= 0.6 is 11.8 Å². The van der Waals surface area contributed by atoms with Gasteiger partial charge in [-0.15, -0.1) is 11.8 Å². The molecule has 0 amide bonds. The van der Waals surface area contributed by atoms with E-state index >= 15 is 0 Å². The van der Waals surface area contributed by atoms with Crippen LogP contribution in [0.15, 0.2) is 23.1 Å². The fourth-order valence-corrected chi connectivity index (χ4v) is 1.93. The smallest absolute Gasteiger partial charge is 0.0354 e. The first-order valence-corrected chi connectivity index (χ1v) is 5.22. The highest BCUT2D eigenvalue weighted by Gasteiger charge is 1.99. The normalized spacial score (nSPS) is 10.2. The molecule has 0 heterocycles. The average Bonchev–Trinajstić information content (AvgIpc) is 2.08. The topological polar surface area (TPSA) is 26.0 Å². The van der Waals surface area contributed by atoms with Crippen molar-refractivity contribution in [3.63, 3.8) is 0 Å². The predicted octanol–water partition coefficient (Wildman–Crippen LogP) is 3.08. The molecule has 0 atom stereocenters. The third kappa shape index (κ3) is 2.18. The Morgan fingerprint density at radius 2 is 2.17 bits per heavy atom. The van der Waals surface area contributed by atoms with E-state index in [1.54, 1.807) is 0 Å². The summed E-state index contributed by atoms with van der Waals surface area (Å²) in [5, 5.41) is 0. The molecule has 1 aromatic carbocycles. The lowest BCUT2D eigenvalue weighted by molar-refractivity contribution is 1.10. The highest BCUT2D eigenvalue weighted by Crippen LogP contribution is 2.26. The standard InChI is InChI=1S/C10H15NS/c1-3-7-12-10-6-4-5-9(11)8(10)2/h4-6H,3,7,11H2,1-2H3. The van der Waals surface area contributed by atoms with Gasteiger partial charge in [0.1, 0.15) is 0 Å². The van der Waals surface area contributed by atoms with Gasteiger partial charge < -0.3 is 5.73 Å². The molecular formula is C10H15NS. The Bertz CT molecular complexity index is 258. The summed E-state index contributed by atoms with van der Waals surface area (Å²) in [6.45, 7) is 4.27. The Balaban J connectivity index is 2.78. The van der Waals surface area contributed by atoms with Crippen molar-refractivity contribution in [3.05, 3.63) is 23.8 Å². The maximum Gasteiger partial charge on any atom is 0.0354 e. The molecule has 12 heavy (non-hydrogen) atoms. The highest BCUT2D eigenvalue weighted by molar-refractivity contribution is 7.99. The number of nitrogen functional groups attached to an aromatic ring is 1. The number of nitrogens with two attached hydrogens (primary N) is 1. The van der Waals surface area contributed by atoms with E-state index in [-0.39, 0.29) is 0 Å². The van der Waals surface area contributed by atoms with Crippen molar-refractivity contribution in [1.29, 1.82) is 0 Å². The van der Waals surface area contributed by atoms with Crippen LogP contribution in [-0.4, -0.2) is 5.75 Å². The van der Waals surface area contributed by atoms with Crippen molar-refractivity contribution in [2.75, 3.05) is 11.5 Å². The number of anilines is 1. The Kier molecular flexibility index (Phi) is 3.48. The summed E-state index contributed by atoms with van der Waals surface area (Å²) in [6.07, 6.45) is 1.21. The van der Waals surface area contributed by atoms with E-state index in [4.69, 9.17) is 5.73 Å². The van der Waals surface area contributed by atoms with Gasteiger partial charge in [-0.25, -0.2) is 0 Å². The summed E-state index contributed by atoms with van der Waals surface area (Å²) >= 11 is 1.88. The number of hydrogen-bond donors (Lipinski definition) is 1. The summed E-state index contributed by atoms with van der Waals surface area (Å²) in [5.41, 5.74) is 7.90. The predicted molar refractivity (Wildman–Crippen MR) is 56.6 cm³/mol. The minimum Gasteiger partial charge on any atom is -0.398 e. The Hall–Kier alpha value is -0.630. The fraction of sp³-hybridized carbons (Fsp3) is 0.400. The minimum atomic E-state index is 0.899. The first kappa shape index (κ1) is 9.46. The van der Waals surface area contributed by atoms with Gasteiger partial charge in [0.15, 0.2) is 0 Å². The zero-order chi connectivity index (χ0) is 8.97. The maximum atomic E-state index is 5.78. The van der Waals surface area contributed by atoms with E-state index in [0.717, 1.165) is 5.69 Å². The molecule has 0 aliphatic heterocycles. The van der Waals surface area contributed by atoms with Crippen LogP contribution in [0.5, 0.6) is 0 Å². The molecule has 0 radical (unpaired) electrons. The van der Waals surface area contributed by atoms with Gasteiger partial charge in [-0.05, 0) is 36.8 Å². The molecule has 0 bridgehead atoms. The quantitative estimate of drug-likeness (QED) is 0.573. The second-order valence-electron chi connectivity index (χ2n) is 2.82. The summed E-state index contributed by atoms with van der Waals surface area (Å²) in [5.74, 6) is 1.17. The third-order valence-corrected chi connectivity index (χ3v) is 3.15. The molecule has 2 N–H and O–H groups in total. The third-order valence-electron chi connectivity index (χ3n) is 1.79. The number of hydrogen-bond acceptors (Lipinski definition) is 2. The van der Waals surface area contributed by atoms with Crippen LogP contribution in [0.3, 0.4) is 0 Å². The van der Waals surface area contributed by atoms with Gasteiger partial charge in [-0.3, -0.25) is 0 Å². The summed E-state index contributed by atoms with van der Waals surface area (Å²) in [6, 6.07) is 6.09. The highest BCUT2D eigenvalue weighted by atomic mass is 32.2. The van der Waals surface area contributed by atoms with Gasteiger partial charge in [0.05, 0.1) is 0 Å². The number of benzene rings is 1.